The number of carbonyl (C=O) groups is 1. The van der Waals surface area contributed by atoms with Crippen molar-refractivity contribution in [2.75, 3.05) is 13.2 Å². The van der Waals surface area contributed by atoms with E-state index < -0.39 is 0 Å². The van der Waals surface area contributed by atoms with Crippen molar-refractivity contribution in [1.29, 1.82) is 0 Å². The van der Waals surface area contributed by atoms with Gasteiger partial charge in [-0.2, -0.15) is 0 Å². The van der Waals surface area contributed by atoms with Crippen LogP contribution in [0.1, 0.15) is 65.9 Å². The van der Waals surface area contributed by atoms with Crippen LogP contribution in [0.4, 0.5) is 4.39 Å². The van der Waals surface area contributed by atoms with Crippen LogP contribution in [-0.2, 0) is 14.9 Å². The van der Waals surface area contributed by atoms with Gasteiger partial charge in [-0.05, 0) is 76.5 Å². The quantitative estimate of drug-likeness (QED) is 0.670. The van der Waals surface area contributed by atoms with Gasteiger partial charge in [-0.25, -0.2) is 4.39 Å². The van der Waals surface area contributed by atoms with E-state index in [2.05, 4.69) is 39.9 Å². The Kier molecular flexibility index (Phi) is 6.82. The SMILES string of the molecule is CC1(C)CC(NC(=O)C2CC(C)(c3ccc(OC/C(=C/F)CN)cc3)C2)CC(C)(C)O1. The van der Waals surface area contributed by atoms with Crippen molar-refractivity contribution in [2.24, 2.45) is 11.7 Å². The summed E-state index contributed by atoms with van der Waals surface area (Å²) in [4.78, 5) is 12.9. The molecule has 1 saturated carbocycles. The van der Waals surface area contributed by atoms with Crippen LogP contribution in [0, 0.1) is 5.92 Å². The highest BCUT2D eigenvalue weighted by Gasteiger charge is 2.46. The van der Waals surface area contributed by atoms with E-state index in [1.807, 2.05) is 24.3 Å². The molecule has 1 aliphatic heterocycles. The van der Waals surface area contributed by atoms with E-state index in [9.17, 15) is 9.18 Å². The second-order valence-electron chi connectivity index (χ2n) is 10.7. The summed E-state index contributed by atoms with van der Waals surface area (Å²) in [5, 5.41) is 3.28. The average Bonchev–Trinajstić information content (AvgIpc) is 2.64. The normalized spacial score (nSPS) is 28.0. The van der Waals surface area contributed by atoms with Crippen molar-refractivity contribution in [3.63, 3.8) is 0 Å². The van der Waals surface area contributed by atoms with Crippen LogP contribution >= 0.6 is 0 Å². The van der Waals surface area contributed by atoms with Crippen molar-refractivity contribution in [2.45, 2.75) is 83.0 Å². The zero-order valence-corrected chi connectivity index (χ0v) is 19.5. The third-order valence-electron chi connectivity index (χ3n) is 6.53. The monoisotopic (exact) mass is 432 g/mol. The van der Waals surface area contributed by atoms with Crippen molar-refractivity contribution in [3.05, 3.63) is 41.7 Å². The lowest BCUT2D eigenvalue weighted by atomic mass is 9.59. The molecule has 0 aromatic heterocycles. The Labute approximate surface area is 185 Å². The van der Waals surface area contributed by atoms with Crippen molar-refractivity contribution < 1.29 is 18.7 Å². The van der Waals surface area contributed by atoms with Gasteiger partial charge >= 0.3 is 0 Å². The Morgan fingerprint density at radius 1 is 1.13 bits per heavy atom. The molecule has 0 bridgehead atoms. The molecule has 3 N–H and O–H groups in total. The molecule has 0 unspecified atom stereocenters. The summed E-state index contributed by atoms with van der Waals surface area (Å²) in [6, 6.07) is 8.01. The number of carbonyl (C=O) groups excluding carboxylic acids is 1. The Morgan fingerprint density at radius 2 is 1.71 bits per heavy atom. The predicted octanol–water partition coefficient (Wildman–Crippen LogP) is 4.40. The minimum absolute atomic E-state index is 0.0178. The Balaban J connectivity index is 1.52. The van der Waals surface area contributed by atoms with Crippen LogP contribution in [0.2, 0.25) is 0 Å². The van der Waals surface area contributed by atoms with Crippen LogP contribution in [0.3, 0.4) is 0 Å². The molecular weight excluding hydrogens is 395 g/mol. The fourth-order valence-electron chi connectivity index (χ4n) is 5.22. The summed E-state index contributed by atoms with van der Waals surface area (Å²) >= 11 is 0. The maximum absolute atomic E-state index is 12.9. The van der Waals surface area contributed by atoms with E-state index in [1.54, 1.807) is 0 Å². The first-order chi connectivity index (χ1) is 14.5. The van der Waals surface area contributed by atoms with Gasteiger partial charge in [0.2, 0.25) is 5.91 Å². The molecule has 1 heterocycles. The lowest BCUT2D eigenvalue weighted by Crippen LogP contribution is -2.55. The van der Waals surface area contributed by atoms with Gasteiger partial charge in [-0.15, -0.1) is 0 Å². The van der Waals surface area contributed by atoms with Crippen molar-refractivity contribution in [1.82, 2.24) is 5.32 Å². The molecule has 1 aromatic carbocycles. The molecule has 2 aliphatic rings. The fraction of sp³-hybridized carbons (Fsp3) is 0.640. The number of rotatable bonds is 7. The Hall–Kier alpha value is -1.92. The summed E-state index contributed by atoms with van der Waals surface area (Å²) in [6.07, 6.45) is 3.82. The maximum Gasteiger partial charge on any atom is 0.223 e. The lowest BCUT2D eigenvalue weighted by Gasteiger charge is -2.48. The molecule has 1 amide bonds. The van der Waals surface area contributed by atoms with E-state index in [4.69, 9.17) is 15.2 Å². The van der Waals surface area contributed by atoms with Gasteiger partial charge in [0.15, 0.2) is 0 Å². The molecule has 172 valence electrons. The zero-order valence-electron chi connectivity index (χ0n) is 19.5. The predicted molar refractivity (Wildman–Crippen MR) is 121 cm³/mol. The highest BCUT2D eigenvalue weighted by atomic mass is 19.1. The molecule has 0 spiro atoms. The minimum atomic E-state index is -0.234. The number of amides is 1. The van der Waals surface area contributed by atoms with E-state index in [-0.39, 0.29) is 47.6 Å². The zero-order chi connectivity index (χ0) is 22.9. The molecular formula is C25H37FN2O3. The summed E-state index contributed by atoms with van der Waals surface area (Å²) in [5.41, 5.74) is 6.57. The maximum atomic E-state index is 12.9. The molecule has 1 aliphatic carbocycles. The second-order valence-corrected chi connectivity index (χ2v) is 10.7. The number of halogens is 1. The summed E-state index contributed by atoms with van der Waals surface area (Å²) < 4.78 is 24.3. The van der Waals surface area contributed by atoms with E-state index in [0.717, 1.165) is 25.7 Å². The number of benzene rings is 1. The molecule has 5 nitrogen and oxygen atoms in total. The molecule has 31 heavy (non-hydrogen) atoms. The molecule has 2 fully saturated rings. The smallest absolute Gasteiger partial charge is 0.223 e. The van der Waals surface area contributed by atoms with Gasteiger partial charge in [0.1, 0.15) is 12.4 Å². The average molecular weight is 433 g/mol. The largest absolute Gasteiger partial charge is 0.489 e. The molecule has 3 rings (SSSR count). The van der Waals surface area contributed by atoms with Gasteiger partial charge in [0.05, 0.1) is 17.5 Å². The summed E-state index contributed by atoms with van der Waals surface area (Å²) in [5.74, 6) is 0.874. The van der Waals surface area contributed by atoms with Crippen LogP contribution < -0.4 is 15.8 Å². The van der Waals surface area contributed by atoms with Gasteiger partial charge in [0, 0.05) is 24.1 Å². The Morgan fingerprint density at radius 3 is 2.23 bits per heavy atom. The van der Waals surface area contributed by atoms with Crippen LogP contribution in [-0.4, -0.2) is 36.3 Å². The van der Waals surface area contributed by atoms with Crippen LogP contribution in [0.25, 0.3) is 0 Å². The van der Waals surface area contributed by atoms with E-state index in [0.29, 0.717) is 17.7 Å². The lowest BCUT2D eigenvalue weighted by molar-refractivity contribution is -0.166. The van der Waals surface area contributed by atoms with Gasteiger partial charge < -0.3 is 20.5 Å². The van der Waals surface area contributed by atoms with E-state index >= 15 is 0 Å². The Bertz CT molecular complexity index is 795. The first-order valence-electron chi connectivity index (χ1n) is 11.2. The molecule has 0 atom stereocenters. The first kappa shape index (κ1) is 23.7. The third kappa shape index (κ3) is 5.86. The topological polar surface area (TPSA) is 73.6 Å². The van der Waals surface area contributed by atoms with Crippen LogP contribution in [0.15, 0.2) is 36.2 Å². The molecule has 1 saturated heterocycles. The van der Waals surface area contributed by atoms with Crippen LogP contribution in [0.5, 0.6) is 5.75 Å². The van der Waals surface area contributed by atoms with Crippen molar-refractivity contribution >= 4 is 5.91 Å². The molecule has 0 radical (unpaired) electrons. The summed E-state index contributed by atoms with van der Waals surface area (Å²) in [7, 11) is 0. The van der Waals surface area contributed by atoms with E-state index in [1.165, 1.54) is 5.56 Å². The van der Waals surface area contributed by atoms with Gasteiger partial charge in [-0.1, -0.05) is 19.1 Å². The molecule has 1 aromatic rings. The first-order valence-corrected chi connectivity index (χ1v) is 11.2. The third-order valence-corrected chi connectivity index (χ3v) is 6.53. The van der Waals surface area contributed by atoms with Gasteiger partial charge in [0.25, 0.3) is 0 Å². The number of hydrogen-bond donors (Lipinski definition) is 2. The second kappa shape index (κ2) is 8.91. The highest BCUT2D eigenvalue weighted by Crippen LogP contribution is 2.48. The summed E-state index contributed by atoms with van der Waals surface area (Å²) in [6.45, 7) is 10.8. The van der Waals surface area contributed by atoms with Gasteiger partial charge in [-0.3, -0.25) is 4.79 Å². The fourth-order valence-corrected chi connectivity index (χ4v) is 5.22. The molecule has 6 heteroatoms. The van der Waals surface area contributed by atoms with Crippen molar-refractivity contribution in [3.8, 4) is 5.75 Å². The standard InChI is InChI=1S/C25H37FN2O3/c1-23(2)12-20(13-24(3,4)31-23)28-22(29)18-10-25(5,11-18)19-6-8-21(9-7-19)30-16-17(14-26)15-27/h6-9,14,18,20H,10-13,15-16,27H2,1-5H3,(H,28,29)/b17-14+. The minimum Gasteiger partial charge on any atom is -0.489 e. The number of ether oxygens (including phenoxy) is 2. The highest BCUT2D eigenvalue weighted by molar-refractivity contribution is 5.80. The number of nitrogens with one attached hydrogen (secondary N) is 1. The number of nitrogens with two attached hydrogens (primary N) is 1. The number of hydrogen-bond acceptors (Lipinski definition) is 4.